The second-order valence-corrected chi connectivity index (χ2v) is 8.49. The maximum atomic E-state index is 11.7. The lowest BCUT2D eigenvalue weighted by molar-refractivity contribution is 0.364. The number of aryl methyl sites for hydroxylation is 1. The van der Waals surface area contributed by atoms with Crippen molar-refractivity contribution in [2.75, 3.05) is 18.6 Å². The highest BCUT2D eigenvalue weighted by atomic mass is 32.2. The van der Waals surface area contributed by atoms with Crippen LogP contribution in [0.1, 0.15) is 0 Å². The molecule has 1 aromatic heterocycles. The van der Waals surface area contributed by atoms with Crippen molar-refractivity contribution in [2.24, 2.45) is 0 Å². The third kappa shape index (κ3) is 4.65. The summed E-state index contributed by atoms with van der Waals surface area (Å²) >= 11 is 0. The third-order valence-corrected chi connectivity index (χ3v) is 5.01. The van der Waals surface area contributed by atoms with Crippen LogP contribution in [0.15, 0.2) is 73.6 Å². The summed E-state index contributed by atoms with van der Waals surface area (Å²) in [6.45, 7) is 4.41. The number of rotatable bonds is 8. The van der Waals surface area contributed by atoms with Gasteiger partial charge in [-0.1, -0.05) is 55.1 Å². The fraction of sp³-hybridized carbons (Fsp3) is 0.190. The van der Waals surface area contributed by atoms with Crippen molar-refractivity contribution in [3.8, 4) is 28.3 Å². The third-order valence-electron chi connectivity index (χ3n) is 4.09. The van der Waals surface area contributed by atoms with Gasteiger partial charge in [-0.25, -0.2) is 13.4 Å². The van der Waals surface area contributed by atoms with Crippen LogP contribution in [-0.2, 0) is 16.4 Å². The first kappa shape index (κ1) is 18.9. The van der Waals surface area contributed by atoms with Gasteiger partial charge in [0.05, 0.1) is 23.5 Å². The fourth-order valence-corrected chi connectivity index (χ4v) is 3.37. The predicted octanol–water partition coefficient (Wildman–Crippen LogP) is 3.83. The molecule has 140 valence electrons. The zero-order valence-corrected chi connectivity index (χ0v) is 16.0. The van der Waals surface area contributed by atoms with Crippen molar-refractivity contribution in [1.29, 1.82) is 0 Å². The lowest BCUT2D eigenvalue weighted by atomic mass is 10.0. The summed E-state index contributed by atoms with van der Waals surface area (Å²) in [7, 11) is -3.09. The Balaban J connectivity index is 2.14. The Morgan fingerprint density at radius 1 is 1.11 bits per heavy atom. The molecule has 5 nitrogen and oxygen atoms in total. The van der Waals surface area contributed by atoms with E-state index in [1.165, 1.54) is 6.26 Å². The van der Waals surface area contributed by atoms with Gasteiger partial charge in [0.1, 0.15) is 22.2 Å². The molecule has 0 radical (unpaired) electrons. The Kier molecular flexibility index (Phi) is 5.76. The second kappa shape index (κ2) is 8.22. The van der Waals surface area contributed by atoms with Gasteiger partial charge in [0.2, 0.25) is 0 Å². The molecule has 0 fully saturated rings. The number of sulfone groups is 1. The lowest BCUT2D eigenvalue weighted by Gasteiger charge is -2.14. The minimum atomic E-state index is -3.09. The predicted molar refractivity (Wildman–Crippen MR) is 109 cm³/mol. The molecular weight excluding hydrogens is 360 g/mol. The topological polar surface area (TPSA) is 61.2 Å². The molecule has 0 unspecified atom stereocenters. The van der Waals surface area contributed by atoms with Crippen LogP contribution in [-0.4, -0.2) is 36.6 Å². The Labute approximate surface area is 159 Å². The Morgan fingerprint density at radius 2 is 1.81 bits per heavy atom. The van der Waals surface area contributed by atoms with E-state index in [1.54, 1.807) is 12.4 Å². The first-order valence-electron chi connectivity index (χ1n) is 8.61. The van der Waals surface area contributed by atoms with Crippen molar-refractivity contribution < 1.29 is 13.2 Å². The van der Waals surface area contributed by atoms with Gasteiger partial charge in [-0.05, 0) is 12.1 Å². The molecular formula is C21H22N2O3S. The largest absolute Gasteiger partial charge is 0.489 e. The van der Waals surface area contributed by atoms with Crippen LogP contribution in [0.4, 0.5) is 0 Å². The van der Waals surface area contributed by atoms with Crippen LogP contribution in [0, 0.1) is 0 Å². The van der Waals surface area contributed by atoms with Gasteiger partial charge in [0.15, 0.2) is 0 Å². The summed E-state index contributed by atoms with van der Waals surface area (Å²) in [5.41, 5.74) is 3.46. The molecule has 0 bridgehead atoms. The number of imidazole rings is 1. The average molecular weight is 382 g/mol. The van der Waals surface area contributed by atoms with Crippen LogP contribution >= 0.6 is 0 Å². The molecule has 1 heterocycles. The van der Waals surface area contributed by atoms with E-state index in [0.29, 0.717) is 18.9 Å². The average Bonchev–Trinajstić information content (AvgIpc) is 3.09. The Hall–Kier alpha value is -2.86. The van der Waals surface area contributed by atoms with Crippen LogP contribution in [0.5, 0.6) is 5.75 Å². The summed E-state index contributed by atoms with van der Waals surface area (Å²) in [6, 6.07) is 17.5. The molecule has 0 N–H and O–H groups in total. The Morgan fingerprint density at radius 3 is 2.52 bits per heavy atom. The van der Waals surface area contributed by atoms with E-state index >= 15 is 0 Å². The molecule has 0 aliphatic heterocycles. The smallest absolute Gasteiger partial charge is 0.149 e. The highest BCUT2D eigenvalue weighted by molar-refractivity contribution is 7.90. The first-order valence-corrected chi connectivity index (χ1v) is 10.7. The molecule has 0 aliphatic rings. The molecule has 2 aromatic carbocycles. The van der Waals surface area contributed by atoms with E-state index in [9.17, 15) is 8.42 Å². The Bertz CT molecular complexity index is 1020. The molecule has 0 atom stereocenters. The van der Waals surface area contributed by atoms with Gasteiger partial charge >= 0.3 is 0 Å². The summed E-state index contributed by atoms with van der Waals surface area (Å²) in [5.74, 6) is 0.746. The van der Waals surface area contributed by atoms with E-state index in [4.69, 9.17) is 4.74 Å². The van der Waals surface area contributed by atoms with E-state index < -0.39 is 9.84 Å². The number of benzene rings is 2. The van der Waals surface area contributed by atoms with Gasteiger partial charge in [-0.15, -0.1) is 0 Å². The van der Waals surface area contributed by atoms with Crippen molar-refractivity contribution in [2.45, 2.75) is 6.54 Å². The molecule has 27 heavy (non-hydrogen) atoms. The van der Waals surface area contributed by atoms with Crippen molar-refractivity contribution in [1.82, 2.24) is 9.55 Å². The summed E-state index contributed by atoms with van der Waals surface area (Å²) in [4.78, 5) is 4.58. The van der Waals surface area contributed by atoms with Gasteiger partial charge in [-0.3, -0.25) is 0 Å². The normalized spacial score (nSPS) is 11.3. The van der Waals surface area contributed by atoms with Crippen molar-refractivity contribution in [3.05, 3.63) is 73.6 Å². The second-order valence-electron chi connectivity index (χ2n) is 6.23. The van der Waals surface area contributed by atoms with Gasteiger partial charge in [0.25, 0.3) is 0 Å². The molecule has 3 aromatic rings. The zero-order valence-electron chi connectivity index (χ0n) is 15.2. The number of para-hydroxylation sites is 1. The number of ether oxygens (including phenoxy) is 1. The van der Waals surface area contributed by atoms with E-state index in [2.05, 4.69) is 11.6 Å². The maximum Gasteiger partial charge on any atom is 0.149 e. The van der Waals surface area contributed by atoms with Gasteiger partial charge < -0.3 is 9.30 Å². The summed E-state index contributed by atoms with van der Waals surface area (Å²) in [6.07, 6.45) is 4.62. The summed E-state index contributed by atoms with van der Waals surface area (Å²) < 4.78 is 31.0. The monoisotopic (exact) mass is 382 g/mol. The number of nitrogens with zero attached hydrogens (tertiary/aromatic N) is 2. The van der Waals surface area contributed by atoms with Crippen LogP contribution in [0.2, 0.25) is 0 Å². The molecule has 0 aliphatic carbocycles. The lowest BCUT2D eigenvalue weighted by Crippen LogP contribution is -2.11. The van der Waals surface area contributed by atoms with E-state index in [0.717, 1.165) is 22.5 Å². The fourth-order valence-electron chi connectivity index (χ4n) is 2.84. The zero-order chi connectivity index (χ0) is 19.3. The number of hydrogen-bond donors (Lipinski definition) is 0. The highest BCUT2D eigenvalue weighted by Crippen LogP contribution is 2.36. The molecule has 0 saturated carbocycles. The number of aromatic nitrogens is 2. The summed E-state index contributed by atoms with van der Waals surface area (Å²) in [5, 5.41) is 0. The maximum absolute atomic E-state index is 11.7. The minimum Gasteiger partial charge on any atom is -0.489 e. The quantitative estimate of drug-likeness (QED) is 0.556. The highest BCUT2D eigenvalue weighted by Gasteiger charge is 2.19. The molecule has 0 spiro atoms. The minimum absolute atomic E-state index is 0.0419. The van der Waals surface area contributed by atoms with Crippen molar-refractivity contribution in [3.63, 3.8) is 0 Å². The van der Waals surface area contributed by atoms with Crippen molar-refractivity contribution >= 4 is 9.84 Å². The molecule has 3 rings (SSSR count). The standard InChI is InChI=1S/C21H22N2O3S/c1-3-14-26-19-12-8-7-11-18(19)21-20(17-9-5-4-6-10-17)22-16-23(21)13-15-27(2,24)25/h3-12,16H,1,13-15H2,2H3. The molecule has 0 saturated heterocycles. The first-order chi connectivity index (χ1) is 13.0. The molecule has 6 heteroatoms. The van der Waals surface area contributed by atoms with E-state index in [-0.39, 0.29) is 5.75 Å². The van der Waals surface area contributed by atoms with Crippen LogP contribution < -0.4 is 4.74 Å². The van der Waals surface area contributed by atoms with E-state index in [1.807, 2.05) is 59.2 Å². The molecule has 0 amide bonds. The van der Waals surface area contributed by atoms with Gasteiger partial charge in [-0.2, -0.15) is 0 Å². The SMILES string of the molecule is C=CCOc1ccccc1-c1c(-c2ccccc2)ncn1CCS(C)(=O)=O. The van der Waals surface area contributed by atoms with Gasteiger partial charge in [0, 0.05) is 23.9 Å². The number of hydrogen-bond acceptors (Lipinski definition) is 4. The van der Waals surface area contributed by atoms with Crippen LogP contribution in [0.25, 0.3) is 22.5 Å². The van der Waals surface area contributed by atoms with Crippen LogP contribution in [0.3, 0.4) is 0 Å².